The zero-order valence-electron chi connectivity index (χ0n) is 25.4. The van der Waals surface area contributed by atoms with Gasteiger partial charge in [-0.25, -0.2) is 0 Å². The van der Waals surface area contributed by atoms with Crippen molar-refractivity contribution in [2.75, 3.05) is 0 Å². The summed E-state index contributed by atoms with van der Waals surface area (Å²) in [6, 6.07) is 40.4. The molecular formula is C42H24B2O2. The van der Waals surface area contributed by atoms with E-state index >= 15 is 0 Å². The van der Waals surface area contributed by atoms with E-state index in [0.717, 1.165) is 23.0 Å². The molecule has 0 spiro atoms. The van der Waals surface area contributed by atoms with Crippen LogP contribution in [0.2, 0.25) is 0 Å². The van der Waals surface area contributed by atoms with E-state index < -0.39 is 0 Å². The number of fused-ring (bicyclic) bond motifs is 8. The fraction of sp³-hybridized carbons (Fsp3) is 0.0476. The summed E-state index contributed by atoms with van der Waals surface area (Å²) in [5, 5.41) is 8.32. The number of aryl methyl sites for hydroxylation is 2. The summed E-state index contributed by atoms with van der Waals surface area (Å²) in [7, 11) is 0. The van der Waals surface area contributed by atoms with Gasteiger partial charge in [0.15, 0.2) is 0 Å². The van der Waals surface area contributed by atoms with Gasteiger partial charge in [-0.1, -0.05) is 95.9 Å². The lowest BCUT2D eigenvalue weighted by Gasteiger charge is -2.37. The van der Waals surface area contributed by atoms with Gasteiger partial charge in [0.2, 0.25) is 0 Å². The van der Waals surface area contributed by atoms with Crippen LogP contribution in [0.3, 0.4) is 0 Å². The highest BCUT2D eigenvalue weighted by molar-refractivity contribution is 7.01. The molecule has 0 aliphatic carbocycles. The zero-order valence-corrected chi connectivity index (χ0v) is 25.4. The van der Waals surface area contributed by atoms with Crippen molar-refractivity contribution in [2.45, 2.75) is 13.8 Å². The van der Waals surface area contributed by atoms with Crippen LogP contribution in [0.15, 0.2) is 109 Å². The van der Waals surface area contributed by atoms with Gasteiger partial charge in [-0.3, -0.25) is 0 Å². The van der Waals surface area contributed by atoms with Crippen molar-refractivity contribution in [2.24, 2.45) is 0 Å². The van der Waals surface area contributed by atoms with Crippen LogP contribution < -0.4 is 42.3 Å². The Bertz CT molecular complexity index is 2550. The molecule has 46 heavy (non-hydrogen) atoms. The molecule has 0 amide bonds. The molecule has 0 aromatic heterocycles. The second kappa shape index (κ2) is 7.84. The highest BCUT2D eigenvalue weighted by Gasteiger charge is 2.43. The van der Waals surface area contributed by atoms with Crippen LogP contribution in [0.5, 0.6) is 23.0 Å². The summed E-state index contributed by atoms with van der Waals surface area (Å²) in [6.45, 7) is 4.84. The Morgan fingerprint density at radius 3 is 1.30 bits per heavy atom. The Morgan fingerprint density at radius 1 is 0.391 bits per heavy atom. The van der Waals surface area contributed by atoms with Gasteiger partial charge in [-0.05, 0) is 126 Å². The number of hydrogen-bond acceptors (Lipinski definition) is 2. The number of rotatable bonds is 0. The molecule has 0 saturated carbocycles. The first kappa shape index (κ1) is 23.9. The average Bonchev–Trinajstić information content (AvgIpc) is 3.08. The molecule has 0 unspecified atom stereocenters. The van der Waals surface area contributed by atoms with E-state index in [1.165, 1.54) is 98.5 Å². The van der Waals surface area contributed by atoms with Crippen LogP contribution in [0.4, 0.5) is 0 Å². The normalized spacial score (nSPS) is 14.1. The SMILES string of the molecule is Cc1cc2c3c(cc4c(C)cc5c6c(cc1c3c46)B1c3ccccc3Oc3cccc-5c31)B1c3ccccc3Oc3cccc-2c31. The minimum absolute atomic E-state index is 0.120. The van der Waals surface area contributed by atoms with E-state index in [0.29, 0.717) is 0 Å². The minimum Gasteiger partial charge on any atom is -0.458 e. The smallest absolute Gasteiger partial charge is 0.252 e. The van der Waals surface area contributed by atoms with Crippen LogP contribution in [0.1, 0.15) is 11.1 Å². The van der Waals surface area contributed by atoms with E-state index in [2.05, 4.69) is 123 Å². The molecule has 210 valence electrons. The second-order valence-electron chi connectivity index (χ2n) is 13.6. The molecule has 8 aromatic rings. The molecule has 12 rings (SSSR count). The maximum Gasteiger partial charge on any atom is 0.252 e. The number of hydrogen-bond donors (Lipinski definition) is 0. The third-order valence-electron chi connectivity index (χ3n) is 11.4. The molecule has 0 N–H and O–H groups in total. The van der Waals surface area contributed by atoms with Crippen molar-refractivity contribution in [1.29, 1.82) is 0 Å². The summed E-state index contributed by atoms with van der Waals surface area (Å²) in [5.74, 6) is 3.87. The van der Waals surface area contributed by atoms with Gasteiger partial charge >= 0.3 is 0 Å². The highest BCUT2D eigenvalue weighted by Crippen LogP contribution is 2.47. The van der Waals surface area contributed by atoms with Gasteiger partial charge < -0.3 is 9.47 Å². The fourth-order valence-electron chi connectivity index (χ4n) is 9.64. The second-order valence-corrected chi connectivity index (χ2v) is 13.6. The molecule has 8 aromatic carbocycles. The van der Waals surface area contributed by atoms with Crippen LogP contribution in [0, 0.1) is 13.8 Å². The van der Waals surface area contributed by atoms with Crippen LogP contribution in [-0.4, -0.2) is 13.4 Å². The van der Waals surface area contributed by atoms with Gasteiger partial charge in [0.1, 0.15) is 23.0 Å². The summed E-state index contributed by atoms with van der Waals surface area (Å²) in [4.78, 5) is 0. The highest BCUT2D eigenvalue weighted by atomic mass is 16.5. The van der Waals surface area contributed by atoms with Crippen molar-refractivity contribution in [3.05, 3.63) is 120 Å². The van der Waals surface area contributed by atoms with E-state index in [4.69, 9.17) is 9.47 Å². The van der Waals surface area contributed by atoms with Crippen LogP contribution >= 0.6 is 0 Å². The first-order chi connectivity index (χ1) is 22.7. The molecule has 0 fully saturated rings. The third-order valence-corrected chi connectivity index (χ3v) is 11.4. The monoisotopic (exact) mass is 582 g/mol. The largest absolute Gasteiger partial charge is 0.458 e. The van der Waals surface area contributed by atoms with Crippen LogP contribution in [-0.2, 0) is 0 Å². The van der Waals surface area contributed by atoms with Gasteiger partial charge in [-0.15, -0.1) is 0 Å². The van der Waals surface area contributed by atoms with E-state index in [1.54, 1.807) is 0 Å². The van der Waals surface area contributed by atoms with Gasteiger partial charge in [0.25, 0.3) is 13.4 Å². The summed E-state index contributed by atoms with van der Waals surface area (Å²) in [6.07, 6.45) is 0. The predicted octanol–water partition coefficient (Wildman–Crippen LogP) is 6.41. The number of benzene rings is 8. The van der Waals surface area contributed by atoms with Crippen molar-refractivity contribution >= 4 is 78.5 Å². The molecule has 0 atom stereocenters. The van der Waals surface area contributed by atoms with Gasteiger partial charge in [0.05, 0.1) is 0 Å². The van der Waals surface area contributed by atoms with Crippen molar-refractivity contribution in [1.82, 2.24) is 0 Å². The minimum atomic E-state index is 0.120. The Hall–Kier alpha value is -5.47. The fourth-order valence-corrected chi connectivity index (χ4v) is 9.64. The summed E-state index contributed by atoms with van der Waals surface area (Å²) >= 11 is 0. The summed E-state index contributed by atoms with van der Waals surface area (Å²) < 4.78 is 13.1. The van der Waals surface area contributed by atoms with Crippen LogP contribution in [0.25, 0.3) is 54.6 Å². The average molecular weight is 582 g/mol. The first-order valence-corrected chi connectivity index (χ1v) is 16.3. The molecule has 4 heterocycles. The first-order valence-electron chi connectivity index (χ1n) is 16.3. The number of ether oxygens (including phenoxy) is 2. The van der Waals surface area contributed by atoms with E-state index in [-0.39, 0.29) is 13.4 Å². The maximum atomic E-state index is 6.56. The molecule has 0 saturated heterocycles. The quantitative estimate of drug-likeness (QED) is 0.152. The molecule has 4 aliphatic heterocycles. The zero-order chi connectivity index (χ0) is 30.0. The Morgan fingerprint density at radius 2 is 0.826 bits per heavy atom. The maximum absolute atomic E-state index is 6.56. The third kappa shape index (κ3) is 2.60. The van der Waals surface area contributed by atoms with E-state index in [9.17, 15) is 0 Å². The van der Waals surface area contributed by atoms with E-state index in [1.807, 2.05) is 0 Å². The molecular weight excluding hydrogens is 558 g/mol. The lowest BCUT2D eigenvalue weighted by Crippen LogP contribution is -2.58. The Labute approximate surface area is 266 Å². The Kier molecular flexibility index (Phi) is 4.06. The van der Waals surface area contributed by atoms with Crippen molar-refractivity contribution in [3.63, 3.8) is 0 Å². The Balaban J connectivity index is 1.31. The summed E-state index contributed by atoms with van der Waals surface area (Å²) in [5.41, 5.74) is 15.7. The standard InChI is InChI=1S/C42H24B2O2/c1-21-17-27-23-9-7-15-35-41(23)44(30-12-4-6-14-34(30)45-35)32-20-26-22(2)18-28-24-10-8-16-36-42(24)43(29-11-3-5-13-33(29)46-36)31-19-25(21)39(37(27)32)40(26)38(28)31/h3-20H,1-2H3. The molecule has 0 radical (unpaired) electrons. The molecule has 4 aliphatic rings. The molecule has 4 heteroatoms. The van der Waals surface area contributed by atoms with Crippen molar-refractivity contribution in [3.8, 4) is 45.3 Å². The lowest BCUT2D eigenvalue weighted by atomic mass is 9.32. The van der Waals surface area contributed by atoms with Gasteiger partial charge in [-0.2, -0.15) is 0 Å². The van der Waals surface area contributed by atoms with Gasteiger partial charge in [0, 0.05) is 0 Å². The molecule has 2 nitrogen and oxygen atoms in total. The number of para-hydroxylation sites is 2. The topological polar surface area (TPSA) is 18.5 Å². The lowest BCUT2D eigenvalue weighted by molar-refractivity contribution is 0.487. The van der Waals surface area contributed by atoms with Crippen molar-refractivity contribution < 1.29 is 9.47 Å². The molecule has 0 bridgehead atoms. The predicted molar refractivity (Wildman–Crippen MR) is 193 cm³/mol.